The Kier molecular flexibility index (Phi) is 5.51. The van der Waals surface area contributed by atoms with Gasteiger partial charge in [0.2, 0.25) is 0 Å². The maximum Gasteiger partial charge on any atom is 0.282 e. The number of hydrogen-bond acceptors (Lipinski definition) is 7. The summed E-state index contributed by atoms with van der Waals surface area (Å²) in [6.07, 6.45) is 6.40. The van der Waals surface area contributed by atoms with E-state index in [1.165, 1.54) is 4.68 Å². The third kappa shape index (κ3) is 3.93. The molecule has 1 fully saturated rings. The lowest BCUT2D eigenvalue weighted by Gasteiger charge is -2.31. The molecule has 0 radical (unpaired) electrons. The van der Waals surface area contributed by atoms with Crippen molar-refractivity contribution in [3.05, 3.63) is 70.9 Å². The highest BCUT2D eigenvalue weighted by atomic mass is 16.5. The highest BCUT2D eigenvalue weighted by Crippen LogP contribution is 2.31. The number of ether oxygens (including phenoxy) is 1. The van der Waals surface area contributed by atoms with Crippen molar-refractivity contribution >= 4 is 16.5 Å². The Balaban J connectivity index is 1.48. The van der Waals surface area contributed by atoms with Crippen LogP contribution in [0.1, 0.15) is 18.4 Å². The number of β-amino-alcohol motifs (C(OH)–C–C–N with tert-alkyl or cyclic N) is 1. The van der Waals surface area contributed by atoms with E-state index < -0.39 is 0 Å². The number of hydrogen-bond donors (Lipinski definition) is 1. The normalized spacial score (nSPS) is 16.2. The van der Waals surface area contributed by atoms with Crippen molar-refractivity contribution in [3.63, 3.8) is 0 Å². The van der Waals surface area contributed by atoms with Crippen molar-refractivity contribution in [2.24, 2.45) is 0 Å². The van der Waals surface area contributed by atoms with Gasteiger partial charge in [0.25, 0.3) is 11.5 Å². The summed E-state index contributed by atoms with van der Waals surface area (Å²) in [5, 5.41) is 15.5. The zero-order valence-corrected chi connectivity index (χ0v) is 18.6. The molecule has 1 unspecified atom stereocenters. The first kappa shape index (κ1) is 21.1. The molecule has 0 bridgehead atoms. The highest BCUT2D eigenvalue weighted by Gasteiger charge is 2.19. The molecule has 3 heterocycles. The molecule has 0 saturated carbocycles. The van der Waals surface area contributed by atoms with E-state index >= 15 is 0 Å². The van der Waals surface area contributed by atoms with Crippen LogP contribution < -0.4 is 15.2 Å². The monoisotopic (exact) mass is 443 g/mol. The molecule has 4 aromatic rings. The molecule has 33 heavy (non-hydrogen) atoms. The van der Waals surface area contributed by atoms with Crippen molar-refractivity contribution < 1.29 is 9.84 Å². The molecule has 5 rings (SSSR count). The van der Waals surface area contributed by atoms with E-state index in [1.54, 1.807) is 25.7 Å². The van der Waals surface area contributed by atoms with Gasteiger partial charge in [-0.15, -0.1) is 0 Å². The van der Waals surface area contributed by atoms with Crippen molar-refractivity contribution in [3.8, 4) is 22.8 Å². The van der Waals surface area contributed by atoms with Gasteiger partial charge in [-0.25, -0.2) is 9.97 Å². The number of rotatable bonds is 4. The zero-order chi connectivity index (χ0) is 22.9. The van der Waals surface area contributed by atoms with Crippen LogP contribution in [0.4, 0.5) is 5.69 Å². The van der Waals surface area contributed by atoms with Crippen molar-refractivity contribution in [1.29, 1.82) is 0 Å². The highest BCUT2D eigenvalue weighted by molar-refractivity contribution is 5.87. The quantitative estimate of drug-likeness (QED) is 0.518. The molecule has 168 valence electrons. The molecule has 1 N–H and O–H groups in total. The summed E-state index contributed by atoms with van der Waals surface area (Å²) >= 11 is 0. The number of anilines is 1. The summed E-state index contributed by atoms with van der Waals surface area (Å²) < 4.78 is 6.65. The predicted molar refractivity (Wildman–Crippen MR) is 127 cm³/mol. The van der Waals surface area contributed by atoms with Gasteiger partial charge in [-0.1, -0.05) is 18.2 Å². The largest absolute Gasteiger partial charge is 0.496 e. The summed E-state index contributed by atoms with van der Waals surface area (Å²) in [4.78, 5) is 23.9. The van der Waals surface area contributed by atoms with Crippen LogP contribution in [0.5, 0.6) is 5.75 Å². The lowest BCUT2D eigenvalue weighted by molar-refractivity contribution is 0.154. The van der Waals surface area contributed by atoms with Crippen LogP contribution in [0.15, 0.2) is 59.8 Å². The number of aliphatic hydroxyl groups excluding tert-OH is 1. The lowest BCUT2D eigenvalue weighted by Crippen LogP contribution is -2.38. The van der Waals surface area contributed by atoms with Gasteiger partial charge in [-0.2, -0.15) is 9.78 Å². The van der Waals surface area contributed by atoms with Gasteiger partial charge in [0, 0.05) is 18.5 Å². The molecule has 1 saturated heterocycles. The van der Waals surface area contributed by atoms with E-state index in [4.69, 9.17) is 4.74 Å². The molecular formula is C25H25N5O3. The Morgan fingerprint density at radius 2 is 1.94 bits per heavy atom. The fourth-order valence-corrected chi connectivity index (χ4v) is 4.39. The fraction of sp³-hybridized carbons (Fsp3) is 0.280. The van der Waals surface area contributed by atoms with Gasteiger partial charge in [0.05, 0.1) is 42.9 Å². The van der Waals surface area contributed by atoms with E-state index in [1.807, 2.05) is 43.3 Å². The maximum atomic E-state index is 13.1. The number of fused-ring (bicyclic) bond motifs is 1. The second kappa shape index (κ2) is 8.63. The number of piperidine rings is 1. The molecule has 2 aromatic heterocycles. The van der Waals surface area contributed by atoms with Crippen LogP contribution >= 0.6 is 0 Å². The van der Waals surface area contributed by atoms with Gasteiger partial charge >= 0.3 is 0 Å². The number of aromatic nitrogens is 4. The van der Waals surface area contributed by atoms with Crippen LogP contribution in [-0.4, -0.2) is 51.2 Å². The second-order valence-corrected chi connectivity index (χ2v) is 8.28. The van der Waals surface area contributed by atoms with Crippen LogP contribution in [0.3, 0.4) is 0 Å². The second-order valence-electron chi connectivity index (χ2n) is 8.28. The van der Waals surface area contributed by atoms with E-state index in [2.05, 4.69) is 20.0 Å². The molecule has 0 aliphatic carbocycles. The number of benzene rings is 2. The molecule has 1 aliphatic heterocycles. The zero-order valence-electron chi connectivity index (χ0n) is 18.6. The minimum atomic E-state index is -0.339. The fourth-order valence-electron chi connectivity index (χ4n) is 4.39. The first-order valence-corrected chi connectivity index (χ1v) is 11.0. The summed E-state index contributed by atoms with van der Waals surface area (Å²) in [5.41, 5.74) is 3.62. The van der Waals surface area contributed by atoms with Crippen molar-refractivity contribution in [2.45, 2.75) is 25.9 Å². The average Bonchev–Trinajstić information content (AvgIpc) is 2.84. The van der Waals surface area contributed by atoms with E-state index in [9.17, 15) is 9.90 Å². The Morgan fingerprint density at radius 3 is 2.70 bits per heavy atom. The Hall–Kier alpha value is -3.78. The molecule has 1 aliphatic rings. The molecule has 8 nitrogen and oxygen atoms in total. The van der Waals surface area contributed by atoms with Crippen LogP contribution in [0.2, 0.25) is 0 Å². The van der Waals surface area contributed by atoms with Crippen molar-refractivity contribution in [1.82, 2.24) is 19.7 Å². The average molecular weight is 444 g/mol. The molecule has 0 amide bonds. The first-order chi connectivity index (χ1) is 16.0. The van der Waals surface area contributed by atoms with Crippen molar-refractivity contribution in [2.75, 3.05) is 25.1 Å². The van der Waals surface area contributed by atoms with Crippen LogP contribution in [-0.2, 0) is 0 Å². The van der Waals surface area contributed by atoms with Gasteiger partial charge in [-0.3, -0.25) is 4.79 Å². The summed E-state index contributed by atoms with van der Waals surface area (Å²) in [6, 6.07) is 11.6. The van der Waals surface area contributed by atoms with Gasteiger partial charge < -0.3 is 14.7 Å². The SMILES string of the molecule is COc1cccc(-c2ccc3c(=O)n(-c4ncc(N5CCCC(O)C5)cn4)ncc3c2)c1C. The van der Waals surface area contributed by atoms with Gasteiger partial charge in [0.1, 0.15) is 5.75 Å². The standard InChI is InChI=1S/C25H25N5O3/c1-16-21(6-3-7-23(16)33-2)17-8-9-22-18(11-17)12-28-30(24(22)32)25-26-13-19(14-27-25)29-10-4-5-20(31)15-29/h3,6-9,11-14,20,31H,4-5,10,15H2,1-2H3. The van der Waals surface area contributed by atoms with Crippen LogP contribution in [0, 0.1) is 6.92 Å². The van der Waals surface area contributed by atoms with Crippen LogP contribution in [0.25, 0.3) is 27.8 Å². The van der Waals surface area contributed by atoms with E-state index in [0.717, 1.165) is 52.9 Å². The smallest absolute Gasteiger partial charge is 0.282 e. The minimum absolute atomic E-state index is 0.218. The Labute approximate surface area is 191 Å². The number of methoxy groups -OCH3 is 1. The predicted octanol–water partition coefficient (Wildman–Crippen LogP) is 3.12. The molecule has 8 heteroatoms. The topological polar surface area (TPSA) is 93.4 Å². The van der Waals surface area contributed by atoms with Gasteiger partial charge in [0.15, 0.2) is 0 Å². The van der Waals surface area contributed by atoms with E-state index in [0.29, 0.717) is 11.9 Å². The third-order valence-electron chi connectivity index (χ3n) is 6.18. The molecule has 1 atom stereocenters. The first-order valence-electron chi connectivity index (χ1n) is 11.0. The molecule has 2 aromatic carbocycles. The summed E-state index contributed by atoms with van der Waals surface area (Å²) in [6.45, 7) is 3.43. The lowest BCUT2D eigenvalue weighted by atomic mass is 9.98. The Morgan fingerprint density at radius 1 is 1.12 bits per heavy atom. The summed E-state index contributed by atoms with van der Waals surface area (Å²) in [7, 11) is 1.66. The van der Waals surface area contributed by atoms with E-state index in [-0.39, 0.29) is 17.6 Å². The Bertz CT molecular complexity index is 1370. The minimum Gasteiger partial charge on any atom is -0.496 e. The maximum absolute atomic E-state index is 13.1. The van der Waals surface area contributed by atoms with Gasteiger partial charge in [-0.05, 0) is 54.7 Å². The molecule has 0 spiro atoms. The number of aliphatic hydroxyl groups is 1. The number of nitrogens with zero attached hydrogens (tertiary/aromatic N) is 5. The third-order valence-corrected chi connectivity index (χ3v) is 6.18. The summed E-state index contributed by atoms with van der Waals surface area (Å²) in [5.74, 6) is 1.04. The molecular weight excluding hydrogens is 418 g/mol.